The maximum atomic E-state index is 12.6. The van der Waals surface area contributed by atoms with E-state index in [9.17, 15) is 23.3 Å². The Morgan fingerprint density at radius 3 is 2.71 bits per heavy atom. The van der Waals surface area contributed by atoms with Gasteiger partial charge < -0.3 is 5.32 Å². The standard InChI is InChI=1S/C12H15N3O5S/c1-8-3-4-10(7-11(8)15(17)18)21(19,20)14-6-5-13-12(16)9(14)2/h3-4,7,9H,5-6H2,1-2H3,(H,13,16). The highest BCUT2D eigenvalue weighted by Gasteiger charge is 2.36. The van der Waals surface area contributed by atoms with Crippen LogP contribution in [0.15, 0.2) is 23.1 Å². The molecule has 1 aromatic carbocycles. The number of nitrogens with one attached hydrogen (secondary N) is 1. The van der Waals surface area contributed by atoms with Gasteiger partial charge in [0.1, 0.15) is 6.04 Å². The van der Waals surface area contributed by atoms with Gasteiger partial charge in [0, 0.05) is 24.7 Å². The zero-order valence-electron chi connectivity index (χ0n) is 11.6. The van der Waals surface area contributed by atoms with E-state index < -0.39 is 21.0 Å². The monoisotopic (exact) mass is 313 g/mol. The molecule has 114 valence electrons. The summed E-state index contributed by atoms with van der Waals surface area (Å²) in [6.07, 6.45) is 0. The van der Waals surface area contributed by atoms with Crippen molar-refractivity contribution in [3.63, 3.8) is 0 Å². The Balaban J connectivity index is 2.47. The highest BCUT2D eigenvalue weighted by molar-refractivity contribution is 7.89. The number of nitro groups is 1. The van der Waals surface area contributed by atoms with Gasteiger partial charge in [0.05, 0.1) is 9.82 Å². The molecule has 1 saturated heterocycles. The Morgan fingerprint density at radius 2 is 2.10 bits per heavy atom. The molecular formula is C12H15N3O5S. The second-order valence-electron chi connectivity index (χ2n) is 4.79. The summed E-state index contributed by atoms with van der Waals surface area (Å²) in [5.74, 6) is -0.383. The van der Waals surface area contributed by atoms with Crippen LogP contribution in [0.2, 0.25) is 0 Å². The van der Waals surface area contributed by atoms with Crippen LogP contribution in [-0.4, -0.2) is 42.7 Å². The second-order valence-corrected chi connectivity index (χ2v) is 6.68. The van der Waals surface area contributed by atoms with E-state index in [4.69, 9.17) is 0 Å². The maximum absolute atomic E-state index is 12.6. The van der Waals surface area contributed by atoms with Crippen molar-refractivity contribution < 1.29 is 18.1 Å². The van der Waals surface area contributed by atoms with Gasteiger partial charge in [-0.3, -0.25) is 14.9 Å². The van der Waals surface area contributed by atoms with Crippen LogP contribution < -0.4 is 5.32 Å². The smallest absolute Gasteiger partial charge is 0.273 e. The third-order valence-electron chi connectivity index (χ3n) is 3.43. The second kappa shape index (κ2) is 5.41. The molecule has 1 aliphatic heterocycles. The molecule has 0 bridgehead atoms. The van der Waals surface area contributed by atoms with Crippen LogP contribution in [0.4, 0.5) is 5.69 Å². The van der Waals surface area contributed by atoms with E-state index in [-0.39, 0.29) is 29.6 Å². The normalized spacial score (nSPS) is 20.1. The largest absolute Gasteiger partial charge is 0.353 e. The summed E-state index contributed by atoms with van der Waals surface area (Å²) in [5.41, 5.74) is 0.119. The molecule has 1 aliphatic rings. The number of aryl methyl sites for hydroxylation is 1. The molecule has 1 aromatic rings. The van der Waals surface area contributed by atoms with Crippen LogP contribution in [0.1, 0.15) is 12.5 Å². The van der Waals surface area contributed by atoms with Gasteiger partial charge in [-0.05, 0) is 19.9 Å². The fraction of sp³-hybridized carbons (Fsp3) is 0.417. The highest BCUT2D eigenvalue weighted by atomic mass is 32.2. The number of nitrogens with zero attached hydrogens (tertiary/aromatic N) is 2. The van der Waals surface area contributed by atoms with Crippen molar-refractivity contribution in [2.75, 3.05) is 13.1 Å². The maximum Gasteiger partial charge on any atom is 0.273 e. The third-order valence-corrected chi connectivity index (χ3v) is 5.39. The predicted octanol–water partition coefficient (Wildman–Crippen LogP) is 0.412. The quantitative estimate of drug-likeness (QED) is 0.642. The van der Waals surface area contributed by atoms with Crippen LogP contribution >= 0.6 is 0 Å². The third kappa shape index (κ3) is 2.74. The first-order chi connectivity index (χ1) is 9.75. The Hall–Kier alpha value is -2.00. The number of carbonyl (C=O) groups excluding carboxylic acids is 1. The van der Waals surface area contributed by atoms with E-state index in [2.05, 4.69) is 5.32 Å². The average Bonchev–Trinajstić information content (AvgIpc) is 2.41. The molecule has 1 amide bonds. The Morgan fingerprint density at radius 1 is 1.43 bits per heavy atom. The van der Waals surface area contributed by atoms with Crippen molar-refractivity contribution in [2.24, 2.45) is 0 Å². The topological polar surface area (TPSA) is 110 Å². The minimum atomic E-state index is -3.95. The molecule has 9 heteroatoms. The van der Waals surface area contributed by atoms with Gasteiger partial charge in [-0.25, -0.2) is 8.42 Å². The van der Waals surface area contributed by atoms with Crippen molar-refractivity contribution in [1.29, 1.82) is 0 Å². The molecule has 1 N–H and O–H groups in total. The van der Waals surface area contributed by atoms with E-state index in [1.807, 2.05) is 0 Å². The molecule has 0 spiro atoms. The van der Waals surface area contributed by atoms with Crippen LogP contribution in [0.3, 0.4) is 0 Å². The lowest BCUT2D eigenvalue weighted by Crippen LogP contribution is -2.55. The van der Waals surface area contributed by atoms with Crippen molar-refractivity contribution in [3.05, 3.63) is 33.9 Å². The number of hydrogen-bond donors (Lipinski definition) is 1. The van der Waals surface area contributed by atoms with Gasteiger partial charge in [-0.2, -0.15) is 4.31 Å². The summed E-state index contributed by atoms with van der Waals surface area (Å²) in [7, 11) is -3.95. The zero-order valence-corrected chi connectivity index (χ0v) is 12.4. The highest BCUT2D eigenvalue weighted by Crippen LogP contribution is 2.26. The first kappa shape index (κ1) is 15.4. The number of benzene rings is 1. The fourth-order valence-electron chi connectivity index (χ4n) is 2.17. The lowest BCUT2D eigenvalue weighted by molar-refractivity contribution is -0.385. The number of carbonyl (C=O) groups is 1. The SMILES string of the molecule is Cc1ccc(S(=O)(=O)N2CCNC(=O)C2C)cc1[N+](=O)[O-]. The van der Waals surface area contributed by atoms with Gasteiger partial charge in [0.25, 0.3) is 5.69 Å². The van der Waals surface area contributed by atoms with Gasteiger partial charge >= 0.3 is 0 Å². The van der Waals surface area contributed by atoms with Gasteiger partial charge in [-0.1, -0.05) is 6.07 Å². The van der Waals surface area contributed by atoms with Crippen molar-refractivity contribution in [3.8, 4) is 0 Å². The minimum Gasteiger partial charge on any atom is -0.353 e. The Kier molecular flexibility index (Phi) is 3.97. The summed E-state index contributed by atoms with van der Waals surface area (Å²) in [4.78, 5) is 21.7. The molecular weight excluding hydrogens is 298 g/mol. The lowest BCUT2D eigenvalue weighted by Gasteiger charge is -2.31. The Bertz CT molecular complexity index is 701. The zero-order chi connectivity index (χ0) is 15.8. The molecule has 1 fully saturated rings. The van der Waals surface area contributed by atoms with Crippen LogP contribution in [-0.2, 0) is 14.8 Å². The molecule has 1 unspecified atom stereocenters. The van der Waals surface area contributed by atoms with E-state index in [1.54, 1.807) is 0 Å². The number of hydrogen-bond acceptors (Lipinski definition) is 5. The van der Waals surface area contributed by atoms with Crippen molar-refractivity contribution in [1.82, 2.24) is 9.62 Å². The van der Waals surface area contributed by atoms with Crippen LogP contribution in [0.5, 0.6) is 0 Å². The molecule has 2 rings (SSSR count). The molecule has 0 saturated carbocycles. The first-order valence-electron chi connectivity index (χ1n) is 6.29. The van der Waals surface area contributed by atoms with Crippen LogP contribution in [0.25, 0.3) is 0 Å². The number of rotatable bonds is 3. The summed E-state index contributed by atoms with van der Waals surface area (Å²) < 4.78 is 26.2. The number of piperazine rings is 1. The average molecular weight is 313 g/mol. The summed E-state index contributed by atoms with van der Waals surface area (Å²) in [5, 5.41) is 13.5. The van der Waals surface area contributed by atoms with Crippen molar-refractivity contribution >= 4 is 21.6 Å². The van der Waals surface area contributed by atoms with Gasteiger partial charge in [0.15, 0.2) is 0 Å². The lowest BCUT2D eigenvalue weighted by atomic mass is 10.2. The summed E-state index contributed by atoms with van der Waals surface area (Å²) in [6, 6.07) is 2.89. The summed E-state index contributed by atoms with van der Waals surface area (Å²) >= 11 is 0. The molecule has 21 heavy (non-hydrogen) atoms. The molecule has 0 aromatic heterocycles. The van der Waals surface area contributed by atoms with Gasteiger partial charge in [-0.15, -0.1) is 0 Å². The first-order valence-corrected chi connectivity index (χ1v) is 7.74. The number of sulfonamides is 1. The van der Waals surface area contributed by atoms with Crippen molar-refractivity contribution in [2.45, 2.75) is 24.8 Å². The molecule has 0 aliphatic carbocycles. The molecule has 8 nitrogen and oxygen atoms in total. The number of nitro benzene ring substituents is 1. The Labute approximate surface area is 122 Å². The molecule has 1 heterocycles. The van der Waals surface area contributed by atoms with E-state index in [0.717, 1.165) is 10.4 Å². The van der Waals surface area contributed by atoms with Crippen LogP contribution in [0, 0.1) is 17.0 Å². The summed E-state index contributed by atoms with van der Waals surface area (Å²) in [6.45, 7) is 3.37. The molecule has 1 atom stereocenters. The van der Waals surface area contributed by atoms with E-state index >= 15 is 0 Å². The molecule has 0 radical (unpaired) electrons. The van der Waals surface area contributed by atoms with E-state index in [0.29, 0.717) is 5.56 Å². The fourth-order valence-corrected chi connectivity index (χ4v) is 3.79. The predicted molar refractivity (Wildman–Crippen MR) is 74.2 cm³/mol. The number of amides is 1. The van der Waals surface area contributed by atoms with Gasteiger partial charge in [0.2, 0.25) is 15.9 Å². The minimum absolute atomic E-state index is 0.136. The van der Waals surface area contributed by atoms with E-state index in [1.165, 1.54) is 26.0 Å².